The molecule has 2 aromatic rings. The lowest BCUT2D eigenvalue weighted by atomic mass is 9.89. The number of rotatable bonds is 5. The second kappa shape index (κ2) is 9.30. The molecule has 0 radical (unpaired) electrons. The van der Waals surface area contributed by atoms with Crippen LogP contribution in [0.15, 0.2) is 54.6 Å². The quantitative estimate of drug-likeness (QED) is 0.808. The van der Waals surface area contributed by atoms with Gasteiger partial charge in [0.2, 0.25) is 0 Å². The van der Waals surface area contributed by atoms with Gasteiger partial charge in [-0.1, -0.05) is 30.3 Å². The third-order valence-corrected chi connectivity index (χ3v) is 4.76. The zero-order chi connectivity index (χ0) is 19.4. The summed E-state index contributed by atoms with van der Waals surface area (Å²) in [5, 5.41) is 0. The van der Waals surface area contributed by atoms with E-state index in [9.17, 15) is 18.0 Å². The van der Waals surface area contributed by atoms with Crippen molar-refractivity contribution < 1.29 is 22.7 Å². The standard InChI is InChI=1S/C20H21F3N2O2.ClH/c21-20(22,23)13-27-17-8-6-15(7-9-17)19(26)25-11-16(10-24)18(12-25)14-4-2-1-3-5-14;/h1-9,16,18H,10-13,24H2;1H/t16-,18+;/m1./s1. The van der Waals surface area contributed by atoms with Crippen LogP contribution in [0.5, 0.6) is 5.75 Å². The molecule has 0 saturated carbocycles. The summed E-state index contributed by atoms with van der Waals surface area (Å²) >= 11 is 0. The third kappa shape index (κ3) is 5.39. The summed E-state index contributed by atoms with van der Waals surface area (Å²) in [6.07, 6.45) is -4.40. The summed E-state index contributed by atoms with van der Waals surface area (Å²) in [5.74, 6) is 0.266. The van der Waals surface area contributed by atoms with E-state index in [0.717, 1.165) is 5.56 Å². The van der Waals surface area contributed by atoms with E-state index in [1.54, 1.807) is 4.90 Å². The van der Waals surface area contributed by atoms with Crippen molar-refractivity contribution in [1.29, 1.82) is 0 Å². The van der Waals surface area contributed by atoms with E-state index >= 15 is 0 Å². The van der Waals surface area contributed by atoms with Gasteiger partial charge >= 0.3 is 6.18 Å². The second-order valence-electron chi connectivity index (χ2n) is 6.65. The Morgan fingerprint density at radius 1 is 1.07 bits per heavy atom. The number of halogens is 4. The van der Waals surface area contributed by atoms with Crippen molar-refractivity contribution in [3.8, 4) is 5.75 Å². The Hall–Kier alpha value is -2.25. The first-order valence-electron chi connectivity index (χ1n) is 8.71. The lowest BCUT2D eigenvalue weighted by Gasteiger charge is -2.17. The number of hydrogen-bond acceptors (Lipinski definition) is 3. The number of nitrogens with zero attached hydrogens (tertiary/aromatic N) is 1. The van der Waals surface area contributed by atoms with Crippen LogP contribution in [0.25, 0.3) is 0 Å². The average molecular weight is 415 g/mol. The number of amides is 1. The van der Waals surface area contributed by atoms with E-state index in [-0.39, 0.29) is 35.9 Å². The topological polar surface area (TPSA) is 55.6 Å². The van der Waals surface area contributed by atoms with Crippen LogP contribution >= 0.6 is 12.4 Å². The molecular formula is C20H22ClF3N2O2. The molecule has 4 nitrogen and oxygen atoms in total. The fourth-order valence-electron chi connectivity index (χ4n) is 3.40. The fraction of sp³-hybridized carbons (Fsp3) is 0.350. The molecule has 0 bridgehead atoms. The maximum Gasteiger partial charge on any atom is 0.422 e. The predicted molar refractivity (Wildman–Crippen MR) is 103 cm³/mol. The van der Waals surface area contributed by atoms with Gasteiger partial charge in [-0.2, -0.15) is 13.2 Å². The molecule has 1 amide bonds. The van der Waals surface area contributed by atoms with Crippen molar-refractivity contribution in [2.75, 3.05) is 26.2 Å². The number of carbonyl (C=O) groups is 1. The van der Waals surface area contributed by atoms with Crippen molar-refractivity contribution in [2.45, 2.75) is 12.1 Å². The van der Waals surface area contributed by atoms with Crippen molar-refractivity contribution >= 4 is 18.3 Å². The van der Waals surface area contributed by atoms with Gasteiger partial charge in [-0.05, 0) is 42.3 Å². The number of ether oxygens (including phenoxy) is 1. The van der Waals surface area contributed by atoms with Gasteiger partial charge in [-0.15, -0.1) is 12.4 Å². The minimum absolute atomic E-state index is 0. The molecule has 3 rings (SSSR count). The summed E-state index contributed by atoms with van der Waals surface area (Å²) in [7, 11) is 0. The van der Waals surface area contributed by atoms with Crippen molar-refractivity contribution in [3.05, 3.63) is 65.7 Å². The molecule has 8 heteroatoms. The largest absolute Gasteiger partial charge is 0.484 e. The minimum atomic E-state index is -4.40. The highest BCUT2D eigenvalue weighted by Gasteiger charge is 2.35. The summed E-state index contributed by atoms with van der Waals surface area (Å²) in [4.78, 5) is 14.5. The highest BCUT2D eigenvalue weighted by atomic mass is 35.5. The lowest BCUT2D eigenvalue weighted by molar-refractivity contribution is -0.153. The van der Waals surface area contributed by atoms with Gasteiger partial charge in [0.1, 0.15) is 5.75 Å². The molecule has 2 aromatic carbocycles. The molecule has 1 aliphatic rings. The minimum Gasteiger partial charge on any atom is -0.484 e. The maximum atomic E-state index is 12.8. The molecule has 0 aromatic heterocycles. The Balaban J connectivity index is 0.00000280. The number of nitrogens with two attached hydrogens (primary N) is 1. The van der Waals surface area contributed by atoms with Gasteiger partial charge in [0.15, 0.2) is 6.61 Å². The number of alkyl halides is 3. The molecule has 2 atom stereocenters. The average Bonchev–Trinajstić information content (AvgIpc) is 3.11. The second-order valence-corrected chi connectivity index (χ2v) is 6.65. The first kappa shape index (κ1) is 22.0. The number of carbonyl (C=O) groups excluding carboxylic acids is 1. The van der Waals surface area contributed by atoms with E-state index in [1.807, 2.05) is 30.3 Å². The third-order valence-electron chi connectivity index (χ3n) is 4.76. The maximum absolute atomic E-state index is 12.8. The smallest absolute Gasteiger partial charge is 0.422 e. The van der Waals surface area contributed by atoms with Crippen LogP contribution in [0.1, 0.15) is 21.8 Å². The van der Waals surface area contributed by atoms with Gasteiger partial charge in [-0.25, -0.2) is 0 Å². The highest BCUT2D eigenvalue weighted by Crippen LogP contribution is 2.33. The Morgan fingerprint density at radius 3 is 2.29 bits per heavy atom. The van der Waals surface area contributed by atoms with Gasteiger partial charge < -0.3 is 15.4 Å². The number of hydrogen-bond donors (Lipinski definition) is 1. The van der Waals surface area contributed by atoms with Crippen molar-refractivity contribution in [1.82, 2.24) is 4.90 Å². The van der Waals surface area contributed by atoms with Crippen molar-refractivity contribution in [3.63, 3.8) is 0 Å². The van der Waals surface area contributed by atoms with Crippen LogP contribution in [0.2, 0.25) is 0 Å². The normalized spacial score (nSPS) is 19.2. The molecule has 1 saturated heterocycles. The summed E-state index contributed by atoms with van der Waals surface area (Å²) in [6, 6.07) is 15.7. The summed E-state index contributed by atoms with van der Waals surface area (Å²) in [6.45, 7) is 0.245. The lowest BCUT2D eigenvalue weighted by Crippen LogP contribution is -2.29. The molecule has 1 aliphatic heterocycles. The van der Waals surface area contributed by atoms with Crippen LogP contribution < -0.4 is 10.5 Å². The monoisotopic (exact) mass is 414 g/mol. The highest BCUT2D eigenvalue weighted by molar-refractivity contribution is 5.94. The summed E-state index contributed by atoms with van der Waals surface area (Å²) in [5.41, 5.74) is 7.47. The van der Waals surface area contributed by atoms with Crippen LogP contribution in [0.4, 0.5) is 13.2 Å². The van der Waals surface area contributed by atoms with Gasteiger partial charge in [-0.3, -0.25) is 4.79 Å². The molecule has 0 unspecified atom stereocenters. The molecule has 1 heterocycles. The summed E-state index contributed by atoms with van der Waals surface area (Å²) < 4.78 is 41.3. The number of likely N-dealkylation sites (tertiary alicyclic amines) is 1. The van der Waals surface area contributed by atoms with Gasteiger partial charge in [0.05, 0.1) is 0 Å². The zero-order valence-corrected chi connectivity index (χ0v) is 15.9. The Kier molecular flexibility index (Phi) is 7.32. The van der Waals surface area contributed by atoms with Crippen LogP contribution in [0, 0.1) is 5.92 Å². The SMILES string of the molecule is Cl.NC[C@@H]1CN(C(=O)c2ccc(OCC(F)(F)F)cc2)C[C@H]1c1ccccc1. The zero-order valence-electron chi connectivity index (χ0n) is 15.1. The Bertz CT molecular complexity index is 769. The van der Waals surface area contributed by atoms with E-state index in [2.05, 4.69) is 4.74 Å². The molecule has 28 heavy (non-hydrogen) atoms. The Morgan fingerprint density at radius 2 is 1.71 bits per heavy atom. The molecular weight excluding hydrogens is 393 g/mol. The van der Waals surface area contributed by atoms with Gasteiger partial charge in [0, 0.05) is 24.6 Å². The first-order valence-corrected chi connectivity index (χ1v) is 8.71. The molecule has 2 N–H and O–H groups in total. The van der Waals surface area contributed by atoms with Gasteiger partial charge in [0.25, 0.3) is 5.91 Å². The molecule has 0 aliphatic carbocycles. The molecule has 1 fully saturated rings. The molecule has 0 spiro atoms. The van der Waals surface area contributed by atoms with E-state index in [4.69, 9.17) is 5.73 Å². The fourth-order valence-corrected chi connectivity index (χ4v) is 3.40. The number of benzene rings is 2. The van der Waals surface area contributed by atoms with Crippen LogP contribution in [0.3, 0.4) is 0 Å². The predicted octanol–water partition coefficient (Wildman–Crippen LogP) is 3.86. The first-order chi connectivity index (χ1) is 12.9. The molecule has 152 valence electrons. The van der Waals surface area contributed by atoms with E-state index in [0.29, 0.717) is 25.2 Å². The van der Waals surface area contributed by atoms with Crippen LogP contribution in [-0.4, -0.2) is 43.2 Å². The van der Waals surface area contributed by atoms with E-state index < -0.39 is 12.8 Å². The van der Waals surface area contributed by atoms with Crippen molar-refractivity contribution in [2.24, 2.45) is 11.7 Å². The van der Waals surface area contributed by atoms with Crippen LogP contribution in [-0.2, 0) is 0 Å². The van der Waals surface area contributed by atoms with E-state index in [1.165, 1.54) is 24.3 Å². The Labute approximate surface area is 167 Å².